The predicted molar refractivity (Wildman–Crippen MR) is 87.2 cm³/mol. The lowest BCUT2D eigenvalue weighted by Gasteiger charge is -2.08. The van der Waals surface area contributed by atoms with Crippen LogP contribution in [0, 0.1) is 0 Å². The topological polar surface area (TPSA) is 43.4 Å². The van der Waals surface area contributed by atoms with E-state index in [2.05, 4.69) is 0 Å². The molecule has 0 N–H and O–H groups in total. The molecule has 0 atom stereocenters. The Morgan fingerprint density at radius 2 is 1.45 bits per heavy atom. The van der Waals surface area contributed by atoms with E-state index >= 15 is 0 Å². The third kappa shape index (κ3) is 3.18. The van der Waals surface area contributed by atoms with Crippen molar-refractivity contribution in [1.82, 2.24) is 0 Å². The molecule has 112 valence electrons. The molecular formula is C18H16O3S. The van der Waals surface area contributed by atoms with Crippen molar-refractivity contribution in [3.05, 3.63) is 78.4 Å². The summed E-state index contributed by atoms with van der Waals surface area (Å²) in [6.45, 7) is 0.130. The second kappa shape index (κ2) is 6.30. The molecule has 0 amide bonds. The smallest absolute Gasteiger partial charge is 0.266 e. The Hall–Kier alpha value is -2.17. The lowest BCUT2D eigenvalue weighted by Crippen LogP contribution is -2.09. The fraction of sp³-hybridized carbons (Fsp3) is 0.111. The van der Waals surface area contributed by atoms with E-state index in [1.807, 2.05) is 42.5 Å². The van der Waals surface area contributed by atoms with Crippen molar-refractivity contribution >= 4 is 20.9 Å². The van der Waals surface area contributed by atoms with Gasteiger partial charge in [-0.15, -0.1) is 0 Å². The molecule has 0 aromatic heterocycles. The molecule has 0 aliphatic rings. The maximum atomic E-state index is 12.1. The van der Waals surface area contributed by atoms with Crippen molar-refractivity contribution in [2.45, 2.75) is 11.3 Å². The summed E-state index contributed by atoms with van der Waals surface area (Å²) in [5.41, 5.74) is 1.08. The first-order valence-corrected chi connectivity index (χ1v) is 8.49. The highest BCUT2D eigenvalue weighted by Gasteiger charge is 2.14. The Labute approximate surface area is 130 Å². The van der Waals surface area contributed by atoms with Gasteiger partial charge in [0.15, 0.2) is 0 Å². The van der Waals surface area contributed by atoms with Crippen LogP contribution in [0.2, 0.25) is 0 Å². The van der Waals surface area contributed by atoms with Crippen molar-refractivity contribution in [2.75, 3.05) is 6.61 Å². The lowest BCUT2D eigenvalue weighted by atomic mass is 10.0. The highest BCUT2D eigenvalue weighted by Crippen LogP contribution is 2.19. The Morgan fingerprint density at radius 3 is 2.27 bits per heavy atom. The Morgan fingerprint density at radius 1 is 0.773 bits per heavy atom. The van der Waals surface area contributed by atoms with Crippen LogP contribution in [0.3, 0.4) is 0 Å². The Balaban J connectivity index is 1.73. The van der Waals surface area contributed by atoms with Gasteiger partial charge in [-0.3, -0.25) is 4.18 Å². The van der Waals surface area contributed by atoms with Crippen LogP contribution in [-0.4, -0.2) is 15.0 Å². The van der Waals surface area contributed by atoms with Gasteiger partial charge in [0.1, 0.15) is 0 Å². The number of hydrogen-bond donors (Lipinski definition) is 0. The first-order chi connectivity index (χ1) is 10.7. The molecule has 0 fully saturated rings. The van der Waals surface area contributed by atoms with Gasteiger partial charge in [-0.05, 0) is 34.9 Å². The minimum Gasteiger partial charge on any atom is -0.266 e. The van der Waals surface area contributed by atoms with Gasteiger partial charge in [0.2, 0.25) is 0 Å². The van der Waals surface area contributed by atoms with Crippen LogP contribution in [0.25, 0.3) is 10.8 Å². The van der Waals surface area contributed by atoms with Crippen LogP contribution in [0.15, 0.2) is 77.7 Å². The zero-order chi connectivity index (χ0) is 15.4. The second-order valence-electron chi connectivity index (χ2n) is 4.98. The second-order valence-corrected chi connectivity index (χ2v) is 6.59. The zero-order valence-corrected chi connectivity index (χ0v) is 12.8. The molecule has 0 bridgehead atoms. The normalized spacial score (nSPS) is 11.6. The van der Waals surface area contributed by atoms with Gasteiger partial charge in [-0.25, -0.2) is 0 Å². The maximum absolute atomic E-state index is 12.1. The summed E-state index contributed by atoms with van der Waals surface area (Å²) >= 11 is 0. The summed E-state index contributed by atoms with van der Waals surface area (Å²) in [5, 5.41) is 2.27. The Bertz CT molecular complexity index is 866. The van der Waals surface area contributed by atoms with Gasteiger partial charge in [-0.1, -0.05) is 60.7 Å². The first-order valence-electron chi connectivity index (χ1n) is 7.08. The SMILES string of the molecule is O=S(=O)(OCCc1cccc2ccccc12)c1ccccc1. The number of fused-ring (bicyclic) bond motifs is 1. The molecule has 0 heterocycles. The summed E-state index contributed by atoms with van der Waals surface area (Å²) in [5.74, 6) is 0. The number of rotatable bonds is 5. The minimum absolute atomic E-state index is 0.130. The molecule has 3 rings (SSSR count). The average Bonchev–Trinajstić information content (AvgIpc) is 2.56. The van der Waals surface area contributed by atoms with E-state index in [4.69, 9.17) is 4.18 Å². The minimum atomic E-state index is -3.68. The van der Waals surface area contributed by atoms with E-state index < -0.39 is 10.1 Å². The van der Waals surface area contributed by atoms with Gasteiger partial charge in [0.25, 0.3) is 10.1 Å². The van der Waals surface area contributed by atoms with Crippen LogP contribution >= 0.6 is 0 Å². The van der Waals surface area contributed by atoms with E-state index in [-0.39, 0.29) is 11.5 Å². The standard InChI is InChI=1S/C18H16O3S/c19-22(20,17-10-2-1-3-11-17)21-14-13-16-9-6-8-15-7-4-5-12-18(15)16/h1-12H,13-14H2. The van der Waals surface area contributed by atoms with Crippen LogP contribution in [0.4, 0.5) is 0 Å². The zero-order valence-electron chi connectivity index (χ0n) is 12.0. The lowest BCUT2D eigenvalue weighted by molar-refractivity contribution is 0.322. The van der Waals surface area contributed by atoms with Crippen LogP contribution in [0.1, 0.15) is 5.56 Å². The van der Waals surface area contributed by atoms with Gasteiger partial charge in [-0.2, -0.15) is 8.42 Å². The van der Waals surface area contributed by atoms with E-state index in [1.54, 1.807) is 18.2 Å². The van der Waals surface area contributed by atoms with Crippen LogP contribution < -0.4 is 0 Å². The quantitative estimate of drug-likeness (QED) is 0.673. The van der Waals surface area contributed by atoms with Gasteiger partial charge < -0.3 is 0 Å². The van der Waals surface area contributed by atoms with Gasteiger partial charge >= 0.3 is 0 Å². The molecule has 0 unspecified atom stereocenters. The largest absolute Gasteiger partial charge is 0.296 e. The third-order valence-electron chi connectivity index (χ3n) is 3.52. The average molecular weight is 312 g/mol. The van der Waals surface area contributed by atoms with Crippen molar-refractivity contribution in [2.24, 2.45) is 0 Å². The predicted octanol–water partition coefficient (Wildman–Crippen LogP) is 3.79. The fourth-order valence-corrected chi connectivity index (χ4v) is 3.36. The van der Waals surface area contributed by atoms with E-state index in [0.29, 0.717) is 6.42 Å². The molecule has 0 saturated carbocycles. The molecule has 3 aromatic carbocycles. The molecule has 3 nitrogen and oxygen atoms in total. The maximum Gasteiger partial charge on any atom is 0.296 e. The van der Waals surface area contributed by atoms with Crippen LogP contribution in [-0.2, 0) is 20.7 Å². The number of benzene rings is 3. The third-order valence-corrected chi connectivity index (χ3v) is 4.85. The van der Waals surface area contributed by atoms with Gasteiger partial charge in [0, 0.05) is 0 Å². The van der Waals surface area contributed by atoms with Crippen molar-refractivity contribution in [3.63, 3.8) is 0 Å². The molecule has 0 aliphatic carbocycles. The first kappa shape index (κ1) is 14.8. The van der Waals surface area contributed by atoms with Crippen molar-refractivity contribution in [3.8, 4) is 0 Å². The summed E-state index contributed by atoms with van der Waals surface area (Å²) in [7, 11) is -3.68. The molecule has 0 aliphatic heterocycles. The molecule has 22 heavy (non-hydrogen) atoms. The van der Waals surface area contributed by atoms with E-state index in [1.165, 1.54) is 12.1 Å². The molecule has 0 saturated heterocycles. The van der Waals surface area contributed by atoms with Crippen LogP contribution in [0.5, 0.6) is 0 Å². The van der Waals surface area contributed by atoms with E-state index in [0.717, 1.165) is 16.3 Å². The Kier molecular flexibility index (Phi) is 4.22. The molecular weight excluding hydrogens is 296 g/mol. The summed E-state index contributed by atoms with van der Waals surface area (Å²) < 4.78 is 29.3. The molecule has 3 aromatic rings. The molecule has 0 radical (unpaired) electrons. The summed E-state index contributed by atoms with van der Waals surface area (Å²) in [6, 6.07) is 22.3. The van der Waals surface area contributed by atoms with Gasteiger partial charge in [0.05, 0.1) is 11.5 Å². The highest BCUT2D eigenvalue weighted by atomic mass is 32.2. The van der Waals surface area contributed by atoms with Crippen molar-refractivity contribution < 1.29 is 12.6 Å². The summed E-state index contributed by atoms with van der Waals surface area (Å²) in [6.07, 6.45) is 0.549. The number of hydrogen-bond acceptors (Lipinski definition) is 3. The monoisotopic (exact) mass is 312 g/mol. The highest BCUT2D eigenvalue weighted by molar-refractivity contribution is 7.86. The van der Waals surface area contributed by atoms with E-state index in [9.17, 15) is 8.42 Å². The fourth-order valence-electron chi connectivity index (χ4n) is 2.43. The molecule has 4 heteroatoms. The molecule has 0 spiro atoms. The summed E-state index contributed by atoms with van der Waals surface area (Å²) in [4.78, 5) is 0.188. The van der Waals surface area contributed by atoms with Crippen molar-refractivity contribution in [1.29, 1.82) is 0 Å².